The average Bonchev–Trinajstić information content (AvgIpc) is 2.73. The second-order valence-corrected chi connectivity index (χ2v) is 8.53. The third kappa shape index (κ3) is 4.08. The van der Waals surface area contributed by atoms with Crippen LogP contribution >= 0.6 is 0 Å². The van der Waals surface area contributed by atoms with Crippen LogP contribution in [0.4, 0.5) is 0 Å². The zero-order valence-corrected chi connectivity index (χ0v) is 17.2. The van der Waals surface area contributed by atoms with Crippen LogP contribution in [0.1, 0.15) is 36.4 Å². The van der Waals surface area contributed by atoms with Crippen LogP contribution in [0.25, 0.3) is 0 Å². The first kappa shape index (κ1) is 19.7. The summed E-state index contributed by atoms with van der Waals surface area (Å²) < 4.78 is 5.04. The zero-order valence-electron chi connectivity index (χ0n) is 17.2. The van der Waals surface area contributed by atoms with E-state index in [0.717, 1.165) is 56.7 Å². The number of aromatic amines is 1. The Morgan fingerprint density at radius 2 is 1.90 bits per heavy atom. The topological polar surface area (TPSA) is 65.6 Å². The summed E-state index contributed by atoms with van der Waals surface area (Å²) in [6, 6.07) is 11.8. The molecule has 1 atom stereocenters. The monoisotopic (exact) mass is 395 g/mol. The molecule has 1 aromatic carbocycles. The summed E-state index contributed by atoms with van der Waals surface area (Å²) in [5, 5.41) is 0. The number of methoxy groups -OCH3 is 1. The molecule has 0 aliphatic carbocycles. The predicted octanol–water partition coefficient (Wildman–Crippen LogP) is 2.61. The molecular weight excluding hydrogens is 366 g/mol. The number of H-pyrrole nitrogens is 1. The molecule has 4 rings (SSSR count). The molecule has 0 radical (unpaired) electrons. The molecule has 2 fully saturated rings. The van der Waals surface area contributed by atoms with Crippen molar-refractivity contribution >= 4 is 5.91 Å². The standard InChI is InChI=1S/C23H29N3O3/c1-25-16-23(13-19(22(25)28)17-6-4-3-5-7-17)8-10-26(11-9-23)15-18-12-20(27)21(29-2)14-24-18/h3-7,12,14,19H,8-11,13,15-16H2,1-2H3,(H,24,27)/t19-/m1/s1. The molecule has 0 unspecified atom stereocenters. The number of rotatable bonds is 4. The van der Waals surface area contributed by atoms with Crippen LogP contribution in [0, 0.1) is 5.41 Å². The van der Waals surface area contributed by atoms with E-state index in [0.29, 0.717) is 5.75 Å². The molecule has 1 spiro atoms. The van der Waals surface area contributed by atoms with E-state index in [2.05, 4.69) is 22.0 Å². The van der Waals surface area contributed by atoms with Gasteiger partial charge in [-0.3, -0.25) is 14.5 Å². The first-order valence-corrected chi connectivity index (χ1v) is 10.3. The number of nitrogens with one attached hydrogen (secondary N) is 1. The number of piperidine rings is 2. The minimum Gasteiger partial charge on any atom is -0.491 e. The Kier molecular flexibility index (Phi) is 5.46. The van der Waals surface area contributed by atoms with Gasteiger partial charge in [0, 0.05) is 38.1 Å². The maximum absolute atomic E-state index is 12.8. The molecule has 2 saturated heterocycles. The van der Waals surface area contributed by atoms with Crippen molar-refractivity contribution in [2.45, 2.75) is 31.7 Å². The maximum Gasteiger partial charge on any atom is 0.229 e. The highest BCUT2D eigenvalue weighted by Gasteiger charge is 2.44. The van der Waals surface area contributed by atoms with Gasteiger partial charge in [-0.25, -0.2) is 0 Å². The summed E-state index contributed by atoms with van der Waals surface area (Å²) in [5.41, 5.74) is 2.12. The maximum atomic E-state index is 12.8. The quantitative estimate of drug-likeness (QED) is 0.864. The van der Waals surface area contributed by atoms with Crippen LogP contribution in [-0.2, 0) is 11.3 Å². The molecule has 6 heteroatoms. The Hall–Kier alpha value is -2.60. The van der Waals surface area contributed by atoms with Gasteiger partial charge in [0.25, 0.3) is 0 Å². The van der Waals surface area contributed by atoms with E-state index in [-0.39, 0.29) is 22.7 Å². The minimum absolute atomic E-state index is 0.0422. The third-order valence-corrected chi connectivity index (χ3v) is 6.55. The molecule has 0 bridgehead atoms. The van der Waals surface area contributed by atoms with E-state index < -0.39 is 0 Å². The number of ether oxygens (including phenoxy) is 1. The second kappa shape index (κ2) is 8.03. The van der Waals surface area contributed by atoms with Crippen molar-refractivity contribution in [1.82, 2.24) is 14.8 Å². The lowest BCUT2D eigenvalue weighted by atomic mass is 9.67. The van der Waals surface area contributed by atoms with E-state index in [1.54, 1.807) is 12.3 Å². The van der Waals surface area contributed by atoms with Gasteiger partial charge >= 0.3 is 0 Å². The van der Waals surface area contributed by atoms with Gasteiger partial charge in [-0.1, -0.05) is 30.3 Å². The van der Waals surface area contributed by atoms with Gasteiger partial charge < -0.3 is 14.6 Å². The SMILES string of the molecule is COc1c[nH]c(CN2CCC3(CC2)C[C@H](c2ccccc2)C(=O)N(C)C3)cc1=O. The van der Waals surface area contributed by atoms with Crippen LogP contribution in [-0.4, -0.2) is 54.5 Å². The van der Waals surface area contributed by atoms with Crippen molar-refractivity contribution < 1.29 is 9.53 Å². The lowest BCUT2D eigenvalue weighted by molar-refractivity contribution is -0.139. The zero-order chi connectivity index (χ0) is 20.4. The normalized spacial score (nSPS) is 22.1. The van der Waals surface area contributed by atoms with Crippen LogP contribution in [0.15, 0.2) is 47.4 Å². The van der Waals surface area contributed by atoms with Gasteiger partial charge in [0.05, 0.1) is 13.0 Å². The number of pyridine rings is 1. The number of likely N-dealkylation sites (tertiary alicyclic amines) is 2. The molecule has 2 aliphatic rings. The fourth-order valence-electron chi connectivity index (χ4n) is 4.92. The molecular formula is C23H29N3O3. The molecule has 1 aromatic heterocycles. The minimum atomic E-state index is -0.0900. The fourth-order valence-corrected chi connectivity index (χ4v) is 4.92. The van der Waals surface area contributed by atoms with Crippen LogP contribution in [0.2, 0.25) is 0 Å². The Morgan fingerprint density at radius 3 is 2.55 bits per heavy atom. The van der Waals surface area contributed by atoms with E-state index in [4.69, 9.17) is 4.74 Å². The second-order valence-electron chi connectivity index (χ2n) is 8.53. The van der Waals surface area contributed by atoms with E-state index >= 15 is 0 Å². The molecule has 6 nitrogen and oxygen atoms in total. The Bertz CT molecular complexity index is 916. The average molecular weight is 396 g/mol. The Labute approximate surface area is 171 Å². The molecule has 154 valence electrons. The third-order valence-electron chi connectivity index (χ3n) is 6.55. The van der Waals surface area contributed by atoms with E-state index in [1.807, 2.05) is 30.1 Å². The Morgan fingerprint density at radius 1 is 1.17 bits per heavy atom. The van der Waals surface area contributed by atoms with Crippen molar-refractivity contribution in [3.05, 3.63) is 64.1 Å². The summed E-state index contributed by atoms with van der Waals surface area (Å²) in [6.07, 6.45) is 4.69. The number of carbonyl (C=O) groups is 1. The number of hydrogen-bond acceptors (Lipinski definition) is 4. The van der Waals surface area contributed by atoms with Gasteiger partial charge in [-0.2, -0.15) is 0 Å². The molecule has 1 amide bonds. The first-order valence-electron chi connectivity index (χ1n) is 10.3. The van der Waals surface area contributed by atoms with Crippen molar-refractivity contribution in [2.75, 3.05) is 33.8 Å². The number of amides is 1. The smallest absolute Gasteiger partial charge is 0.229 e. The number of hydrogen-bond donors (Lipinski definition) is 1. The van der Waals surface area contributed by atoms with Gasteiger partial charge in [-0.05, 0) is 43.3 Å². The summed E-state index contributed by atoms with van der Waals surface area (Å²) in [4.78, 5) is 32.3. The van der Waals surface area contributed by atoms with Crippen LogP contribution < -0.4 is 10.2 Å². The van der Waals surface area contributed by atoms with Crippen molar-refractivity contribution in [3.63, 3.8) is 0 Å². The van der Waals surface area contributed by atoms with Gasteiger partial charge in [0.2, 0.25) is 11.3 Å². The largest absolute Gasteiger partial charge is 0.491 e. The summed E-state index contributed by atoms with van der Waals surface area (Å²) >= 11 is 0. The Balaban J connectivity index is 1.43. The lowest BCUT2D eigenvalue weighted by Crippen LogP contribution is -2.52. The van der Waals surface area contributed by atoms with Crippen molar-refractivity contribution in [1.29, 1.82) is 0 Å². The number of carbonyl (C=O) groups excluding carboxylic acids is 1. The van der Waals surface area contributed by atoms with Crippen molar-refractivity contribution in [3.8, 4) is 5.75 Å². The van der Waals surface area contributed by atoms with Crippen LogP contribution in [0.3, 0.4) is 0 Å². The van der Waals surface area contributed by atoms with Gasteiger partial charge in [-0.15, -0.1) is 0 Å². The molecule has 29 heavy (non-hydrogen) atoms. The highest BCUT2D eigenvalue weighted by Crippen LogP contribution is 2.45. The first-order chi connectivity index (χ1) is 14.0. The van der Waals surface area contributed by atoms with Gasteiger partial charge in [0.1, 0.15) is 0 Å². The summed E-state index contributed by atoms with van der Waals surface area (Å²) in [7, 11) is 3.44. The number of benzene rings is 1. The van der Waals surface area contributed by atoms with Crippen molar-refractivity contribution in [2.24, 2.45) is 5.41 Å². The highest BCUT2D eigenvalue weighted by molar-refractivity contribution is 5.84. The molecule has 1 N–H and O–H groups in total. The number of nitrogens with zero attached hydrogens (tertiary/aromatic N) is 2. The summed E-state index contributed by atoms with van der Waals surface area (Å²) in [6.45, 7) is 3.50. The molecule has 3 heterocycles. The number of aromatic nitrogens is 1. The summed E-state index contributed by atoms with van der Waals surface area (Å²) in [5.74, 6) is 0.535. The molecule has 2 aromatic rings. The predicted molar refractivity (Wildman–Crippen MR) is 112 cm³/mol. The van der Waals surface area contributed by atoms with E-state index in [1.165, 1.54) is 7.11 Å². The van der Waals surface area contributed by atoms with Crippen LogP contribution in [0.5, 0.6) is 5.75 Å². The molecule has 2 aliphatic heterocycles. The van der Waals surface area contributed by atoms with Gasteiger partial charge in [0.15, 0.2) is 5.75 Å². The molecule has 0 saturated carbocycles. The fraction of sp³-hybridized carbons (Fsp3) is 0.478. The van der Waals surface area contributed by atoms with E-state index in [9.17, 15) is 9.59 Å². The number of likely N-dealkylation sites (N-methyl/N-ethyl adjacent to an activating group) is 1. The lowest BCUT2D eigenvalue weighted by Gasteiger charge is -2.49. The highest BCUT2D eigenvalue weighted by atomic mass is 16.5.